The van der Waals surface area contributed by atoms with E-state index >= 15 is 0 Å². The number of aliphatic hydroxyl groups excluding tert-OH is 1. The van der Waals surface area contributed by atoms with Gasteiger partial charge in [0, 0.05) is 12.2 Å². The number of hydrogen-bond acceptors (Lipinski definition) is 3. The van der Waals surface area contributed by atoms with Crippen molar-refractivity contribution in [3.63, 3.8) is 0 Å². The smallest absolute Gasteiger partial charge is 0.112 e. The molecule has 0 saturated carbocycles. The molecule has 12 heavy (non-hydrogen) atoms. The van der Waals surface area contributed by atoms with Gasteiger partial charge in [-0.3, -0.25) is 4.98 Å². The Labute approximate surface area is 71.4 Å². The van der Waals surface area contributed by atoms with Crippen LogP contribution in [0.2, 0.25) is 0 Å². The van der Waals surface area contributed by atoms with Crippen LogP contribution in [0.4, 0.5) is 0 Å². The highest BCUT2D eigenvalue weighted by Gasteiger charge is 2.30. The summed E-state index contributed by atoms with van der Waals surface area (Å²) in [7, 11) is 1.86. The Bertz CT molecular complexity index is 288. The van der Waals surface area contributed by atoms with Crippen LogP contribution in [0.3, 0.4) is 0 Å². The van der Waals surface area contributed by atoms with Gasteiger partial charge in [-0.25, -0.2) is 0 Å². The Morgan fingerprint density at radius 1 is 1.67 bits per heavy atom. The summed E-state index contributed by atoms with van der Waals surface area (Å²) in [5.74, 6) is 0. The second kappa shape index (κ2) is 2.84. The Morgan fingerprint density at radius 2 is 2.50 bits per heavy atom. The summed E-state index contributed by atoms with van der Waals surface area (Å²) in [6.45, 7) is 0. The molecule has 1 heterocycles. The molecule has 3 nitrogen and oxygen atoms in total. The molecule has 64 valence electrons. The van der Waals surface area contributed by atoms with Gasteiger partial charge in [0.25, 0.3) is 0 Å². The topological polar surface area (TPSA) is 45.2 Å². The number of rotatable bonds is 1. The molecule has 0 saturated heterocycles. The molecular weight excluding hydrogens is 152 g/mol. The summed E-state index contributed by atoms with van der Waals surface area (Å²) in [6.07, 6.45) is 2.16. The van der Waals surface area contributed by atoms with Crippen molar-refractivity contribution in [1.82, 2.24) is 10.3 Å². The lowest BCUT2D eigenvalue weighted by molar-refractivity contribution is 0.142. The minimum absolute atomic E-state index is 0.134. The van der Waals surface area contributed by atoms with E-state index in [0.29, 0.717) is 0 Å². The van der Waals surface area contributed by atoms with E-state index in [-0.39, 0.29) is 6.04 Å². The molecule has 2 rings (SSSR count). The van der Waals surface area contributed by atoms with E-state index in [0.717, 1.165) is 17.7 Å². The fourth-order valence-electron chi connectivity index (χ4n) is 1.69. The first-order valence-corrected chi connectivity index (χ1v) is 4.12. The molecule has 1 aliphatic carbocycles. The molecule has 0 bridgehead atoms. The Hall–Kier alpha value is -0.930. The van der Waals surface area contributed by atoms with Crippen molar-refractivity contribution in [3.8, 4) is 0 Å². The Balaban J connectivity index is 2.35. The maximum Gasteiger partial charge on any atom is 0.112 e. The van der Waals surface area contributed by atoms with E-state index in [1.54, 1.807) is 6.20 Å². The molecule has 3 heteroatoms. The molecular formula is C9H12N2O. The van der Waals surface area contributed by atoms with E-state index < -0.39 is 6.10 Å². The quantitative estimate of drug-likeness (QED) is 0.625. The maximum atomic E-state index is 9.72. The van der Waals surface area contributed by atoms with Crippen LogP contribution >= 0.6 is 0 Å². The normalized spacial score (nSPS) is 27.2. The summed E-state index contributed by atoms with van der Waals surface area (Å²) in [4.78, 5) is 4.15. The van der Waals surface area contributed by atoms with E-state index in [1.807, 2.05) is 19.2 Å². The third kappa shape index (κ3) is 1.02. The Kier molecular flexibility index (Phi) is 1.83. The molecule has 0 aliphatic heterocycles. The maximum absolute atomic E-state index is 9.72. The highest BCUT2D eigenvalue weighted by Crippen LogP contribution is 2.28. The van der Waals surface area contributed by atoms with Crippen molar-refractivity contribution in [3.05, 3.63) is 29.6 Å². The molecule has 0 aromatic carbocycles. The van der Waals surface area contributed by atoms with Gasteiger partial charge in [-0.1, -0.05) is 6.07 Å². The summed E-state index contributed by atoms with van der Waals surface area (Å²) in [5, 5.41) is 12.8. The molecule has 0 unspecified atom stereocenters. The second-order valence-electron chi connectivity index (χ2n) is 3.09. The Morgan fingerprint density at radius 3 is 3.17 bits per heavy atom. The van der Waals surface area contributed by atoms with Crippen molar-refractivity contribution >= 4 is 0 Å². The van der Waals surface area contributed by atoms with Crippen molar-refractivity contribution in [2.45, 2.75) is 18.6 Å². The lowest BCUT2D eigenvalue weighted by Crippen LogP contribution is -2.29. The summed E-state index contributed by atoms with van der Waals surface area (Å²) < 4.78 is 0. The van der Waals surface area contributed by atoms with E-state index in [1.165, 1.54) is 0 Å². The molecule has 2 N–H and O–H groups in total. The molecule has 1 aliphatic rings. The molecule has 1 aromatic rings. The zero-order valence-electron chi connectivity index (χ0n) is 6.99. The van der Waals surface area contributed by atoms with Gasteiger partial charge in [0.05, 0.1) is 5.69 Å². The van der Waals surface area contributed by atoms with Gasteiger partial charge in [-0.05, 0) is 25.1 Å². The van der Waals surface area contributed by atoms with Crippen LogP contribution in [0.15, 0.2) is 18.3 Å². The van der Waals surface area contributed by atoms with Gasteiger partial charge >= 0.3 is 0 Å². The number of hydrogen-bond donors (Lipinski definition) is 2. The first-order chi connectivity index (χ1) is 5.83. The van der Waals surface area contributed by atoms with Crippen molar-refractivity contribution in [2.75, 3.05) is 7.05 Å². The highest BCUT2D eigenvalue weighted by molar-refractivity contribution is 5.29. The SMILES string of the molecule is CN[C@@H]1Cc2cccnc2[C@@H]1O. The third-order valence-corrected chi connectivity index (χ3v) is 2.40. The number of fused-ring (bicyclic) bond motifs is 1. The van der Waals surface area contributed by atoms with Crippen molar-refractivity contribution in [1.29, 1.82) is 0 Å². The second-order valence-corrected chi connectivity index (χ2v) is 3.09. The fraction of sp³-hybridized carbons (Fsp3) is 0.444. The predicted octanol–water partition coefficient (Wildman–Crippen LogP) is 0.259. The van der Waals surface area contributed by atoms with Crippen LogP contribution in [-0.4, -0.2) is 23.2 Å². The largest absolute Gasteiger partial charge is 0.385 e. The molecule has 0 fully saturated rings. The van der Waals surface area contributed by atoms with Crippen LogP contribution in [0.25, 0.3) is 0 Å². The molecule has 0 spiro atoms. The number of nitrogens with zero attached hydrogens (tertiary/aromatic N) is 1. The van der Waals surface area contributed by atoms with Gasteiger partial charge in [-0.2, -0.15) is 0 Å². The van der Waals surface area contributed by atoms with Crippen LogP contribution in [0, 0.1) is 0 Å². The van der Waals surface area contributed by atoms with Gasteiger partial charge in [0.1, 0.15) is 6.10 Å². The van der Waals surface area contributed by atoms with E-state index in [9.17, 15) is 5.11 Å². The summed E-state index contributed by atoms with van der Waals surface area (Å²) >= 11 is 0. The molecule has 1 aromatic heterocycles. The molecule has 0 radical (unpaired) electrons. The lowest BCUT2D eigenvalue weighted by atomic mass is 10.2. The minimum atomic E-state index is -0.439. The van der Waals surface area contributed by atoms with Crippen molar-refractivity contribution < 1.29 is 5.11 Å². The molecule has 0 amide bonds. The summed E-state index contributed by atoms with van der Waals surface area (Å²) in [6, 6.07) is 4.06. The number of aromatic nitrogens is 1. The van der Waals surface area contributed by atoms with Gasteiger partial charge in [0.15, 0.2) is 0 Å². The number of aliphatic hydroxyl groups is 1. The van der Waals surface area contributed by atoms with Crippen LogP contribution in [-0.2, 0) is 6.42 Å². The highest BCUT2D eigenvalue weighted by atomic mass is 16.3. The zero-order valence-corrected chi connectivity index (χ0v) is 6.99. The van der Waals surface area contributed by atoms with Crippen LogP contribution in [0.1, 0.15) is 17.4 Å². The lowest BCUT2D eigenvalue weighted by Gasteiger charge is -2.12. The van der Waals surface area contributed by atoms with E-state index in [2.05, 4.69) is 10.3 Å². The third-order valence-electron chi connectivity index (χ3n) is 2.40. The standard InChI is InChI=1S/C9H12N2O/c1-10-7-5-6-3-2-4-11-8(6)9(7)12/h2-4,7,9-10,12H,5H2,1H3/t7-,9-/m1/s1. The van der Waals surface area contributed by atoms with Gasteiger partial charge in [-0.15, -0.1) is 0 Å². The van der Waals surface area contributed by atoms with Crippen LogP contribution < -0.4 is 5.32 Å². The fourth-order valence-corrected chi connectivity index (χ4v) is 1.69. The summed E-state index contributed by atoms with van der Waals surface area (Å²) in [5.41, 5.74) is 1.99. The van der Waals surface area contributed by atoms with Crippen molar-refractivity contribution in [2.24, 2.45) is 0 Å². The zero-order chi connectivity index (χ0) is 8.55. The van der Waals surface area contributed by atoms with Crippen LogP contribution in [0.5, 0.6) is 0 Å². The van der Waals surface area contributed by atoms with Gasteiger partial charge in [0.2, 0.25) is 0 Å². The van der Waals surface area contributed by atoms with Gasteiger partial charge < -0.3 is 10.4 Å². The molecule has 2 atom stereocenters. The first-order valence-electron chi connectivity index (χ1n) is 4.12. The number of nitrogens with one attached hydrogen (secondary N) is 1. The minimum Gasteiger partial charge on any atom is -0.385 e. The average Bonchev–Trinajstić information content (AvgIpc) is 2.44. The number of pyridine rings is 1. The first kappa shape index (κ1) is 7.71. The predicted molar refractivity (Wildman–Crippen MR) is 45.7 cm³/mol. The average molecular weight is 164 g/mol. The monoisotopic (exact) mass is 164 g/mol. The number of likely N-dealkylation sites (N-methyl/N-ethyl adjacent to an activating group) is 1. The van der Waals surface area contributed by atoms with E-state index in [4.69, 9.17) is 0 Å².